The lowest BCUT2D eigenvalue weighted by atomic mass is 10.0. The zero-order valence-corrected chi connectivity index (χ0v) is 20.5. The van der Waals surface area contributed by atoms with Crippen molar-refractivity contribution in [1.82, 2.24) is 4.90 Å². The standard InChI is InChI=1S/C26H26FNO6S/c1-5-6-19-11-18(12-21(32-4)24(19)33-15-17-7-9-20(27)10-8-17)13-22-25(30)28(26(31)35-22)14-23(29)34-16(2)3/h5,7-13,16H,1,6,14-15H2,2-4H3/b22-13+. The van der Waals surface area contributed by atoms with Crippen molar-refractivity contribution in [2.24, 2.45) is 0 Å². The number of thioether (sulfide) groups is 1. The monoisotopic (exact) mass is 499 g/mol. The van der Waals surface area contributed by atoms with Gasteiger partial charge in [0.1, 0.15) is 19.0 Å². The molecule has 0 saturated carbocycles. The van der Waals surface area contributed by atoms with E-state index in [1.165, 1.54) is 19.2 Å². The van der Waals surface area contributed by atoms with Gasteiger partial charge in [0.2, 0.25) is 0 Å². The number of carbonyl (C=O) groups is 3. The second kappa shape index (κ2) is 11.7. The number of ether oxygens (including phenoxy) is 3. The average Bonchev–Trinajstić information content (AvgIpc) is 3.06. The highest BCUT2D eigenvalue weighted by atomic mass is 32.2. The molecule has 184 valence electrons. The summed E-state index contributed by atoms with van der Waals surface area (Å²) in [6.07, 6.45) is 3.38. The number of imide groups is 1. The molecule has 1 aliphatic rings. The Balaban J connectivity index is 1.85. The van der Waals surface area contributed by atoms with Gasteiger partial charge in [0, 0.05) is 5.56 Å². The third-order valence-electron chi connectivity index (χ3n) is 4.86. The van der Waals surface area contributed by atoms with Gasteiger partial charge in [0.05, 0.1) is 18.1 Å². The maximum atomic E-state index is 13.2. The van der Waals surface area contributed by atoms with Crippen LogP contribution in [0.3, 0.4) is 0 Å². The molecule has 0 bridgehead atoms. The SMILES string of the molecule is C=CCc1cc(/C=C2/SC(=O)N(CC(=O)OC(C)C)C2=O)cc(OC)c1OCc1ccc(F)cc1. The van der Waals surface area contributed by atoms with Crippen LogP contribution in [-0.2, 0) is 27.4 Å². The number of methoxy groups -OCH3 is 1. The molecule has 0 aliphatic carbocycles. The Hall–Kier alpha value is -3.59. The van der Waals surface area contributed by atoms with Gasteiger partial charge in [-0.1, -0.05) is 18.2 Å². The van der Waals surface area contributed by atoms with Crippen molar-refractivity contribution < 1.29 is 33.0 Å². The maximum Gasteiger partial charge on any atom is 0.326 e. The lowest BCUT2D eigenvalue weighted by molar-refractivity contribution is -0.149. The summed E-state index contributed by atoms with van der Waals surface area (Å²) in [5.41, 5.74) is 2.15. The van der Waals surface area contributed by atoms with Crippen LogP contribution >= 0.6 is 11.8 Å². The second-order valence-corrected chi connectivity index (χ2v) is 8.92. The zero-order valence-electron chi connectivity index (χ0n) is 19.7. The number of allylic oxidation sites excluding steroid dienone is 1. The third kappa shape index (κ3) is 6.73. The van der Waals surface area contributed by atoms with Crippen molar-refractivity contribution in [2.75, 3.05) is 13.7 Å². The summed E-state index contributed by atoms with van der Waals surface area (Å²) in [5, 5.41) is -0.542. The van der Waals surface area contributed by atoms with Gasteiger partial charge in [0.25, 0.3) is 11.1 Å². The smallest absolute Gasteiger partial charge is 0.326 e. The topological polar surface area (TPSA) is 82.1 Å². The molecule has 0 unspecified atom stereocenters. The van der Waals surface area contributed by atoms with Gasteiger partial charge in [0.15, 0.2) is 11.5 Å². The molecule has 7 nitrogen and oxygen atoms in total. The van der Waals surface area contributed by atoms with Crippen molar-refractivity contribution in [3.63, 3.8) is 0 Å². The van der Waals surface area contributed by atoms with Gasteiger partial charge in [-0.2, -0.15) is 0 Å². The number of hydrogen-bond donors (Lipinski definition) is 0. The van der Waals surface area contributed by atoms with E-state index >= 15 is 0 Å². The summed E-state index contributed by atoms with van der Waals surface area (Å²) in [6, 6.07) is 9.49. The van der Waals surface area contributed by atoms with E-state index in [-0.39, 0.29) is 23.4 Å². The molecule has 1 heterocycles. The molecule has 2 aromatic rings. The summed E-state index contributed by atoms with van der Waals surface area (Å²) in [5.74, 6) is -0.622. The van der Waals surface area contributed by atoms with Crippen LogP contribution in [0.4, 0.5) is 9.18 Å². The first-order valence-corrected chi connectivity index (χ1v) is 11.7. The Kier molecular flexibility index (Phi) is 8.70. The van der Waals surface area contributed by atoms with E-state index in [4.69, 9.17) is 14.2 Å². The minimum Gasteiger partial charge on any atom is -0.493 e. The minimum absolute atomic E-state index is 0.180. The third-order valence-corrected chi connectivity index (χ3v) is 5.77. The maximum absolute atomic E-state index is 13.2. The number of benzene rings is 2. The Labute approximate surface area is 207 Å². The van der Waals surface area contributed by atoms with Crippen LogP contribution in [0, 0.1) is 5.82 Å². The van der Waals surface area contributed by atoms with E-state index in [2.05, 4.69) is 6.58 Å². The molecule has 1 saturated heterocycles. The lowest BCUT2D eigenvalue weighted by Gasteiger charge is -2.16. The molecule has 3 rings (SSSR count). The van der Waals surface area contributed by atoms with Crippen LogP contribution in [0.25, 0.3) is 6.08 Å². The first kappa shape index (κ1) is 26.0. The quantitative estimate of drug-likeness (QED) is 0.255. The van der Waals surface area contributed by atoms with Crippen molar-refractivity contribution in [3.05, 3.63) is 76.5 Å². The summed E-state index contributed by atoms with van der Waals surface area (Å²) in [7, 11) is 1.50. The molecule has 0 N–H and O–H groups in total. The largest absolute Gasteiger partial charge is 0.493 e. The zero-order chi connectivity index (χ0) is 25.5. The Bertz CT molecular complexity index is 1160. The molecule has 0 radical (unpaired) electrons. The second-order valence-electron chi connectivity index (χ2n) is 7.93. The number of esters is 1. The molecule has 2 amide bonds. The van der Waals surface area contributed by atoms with Gasteiger partial charge in [-0.3, -0.25) is 19.3 Å². The number of halogens is 1. The highest BCUT2D eigenvalue weighted by Crippen LogP contribution is 2.37. The Morgan fingerprint density at radius 1 is 1.20 bits per heavy atom. The summed E-state index contributed by atoms with van der Waals surface area (Å²) in [4.78, 5) is 38.1. The normalized spacial score (nSPS) is 14.5. The molecule has 1 fully saturated rings. The highest BCUT2D eigenvalue weighted by Gasteiger charge is 2.36. The fourth-order valence-corrected chi connectivity index (χ4v) is 4.18. The van der Waals surface area contributed by atoms with Gasteiger partial charge in [-0.15, -0.1) is 6.58 Å². The summed E-state index contributed by atoms with van der Waals surface area (Å²) < 4.78 is 29.7. The summed E-state index contributed by atoms with van der Waals surface area (Å²) >= 11 is 0.751. The molecule has 35 heavy (non-hydrogen) atoms. The van der Waals surface area contributed by atoms with Crippen LogP contribution in [0.2, 0.25) is 0 Å². The summed E-state index contributed by atoms with van der Waals surface area (Å²) in [6.45, 7) is 6.92. The van der Waals surface area contributed by atoms with E-state index in [1.54, 1.807) is 44.2 Å². The fourth-order valence-electron chi connectivity index (χ4n) is 3.34. The van der Waals surface area contributed by atoms with Crippen LogP contribution in [0.5, 0.6) is 11.5 Å². The Morgan fingerprint density at radius 3 is 2.54 bits per heavy atom. The number of hydrogen-bond acceptors (Lipinski definition) is 7. The molecule has 0 atom stereocenters. The van der Waals surface area contributed by atoms with E-state index in [1.807, 2.05) is 6.07 Å². The fraction of sp³-hybridized carbons (Fsp3) is 0.269. The molecule has 2 aromatic carbocycles. The number of nitrogens with zero attached hydrogens (tertiary/aromatic N) is 1. The molecular weight excluding hydrogens is 473 g/mol. The molecule has 9 heteroatoms. The number of amides is 2. The van der Waals surface area contributed by atoms with E-state index < -0.39 is 23.7 Å². The van der Waals surface area contributed by atoms with Crippen molar-refractivity contribution in [1.29, 1.82) is 0 Å². The van der Waals surface area contributed by atoms with Crippen LogP contribution in [-0.4, -0.2) is 41.8 Å². The van der Waals surface area contributed by atoms with Gasteiger partial charge in [-0.25, -0.2) is 4.39 Å². The predicted molar refractivity (Wildman–Crippen MR) is 132 cm³/mol. The Morgan fingerprint density at radius 2 is 1.91 bits per heavy atom. The van der Waals surface area contributed by atoms with Crippen molar-refractivity contribution >= 4 is 35.0 Å². The van der Waals surface area contributed by atoms with E-state index in [0.29, 0.717) is 23.5 Å². The van der Waals surface area contributed by atoms with Crippen molar-refractivity contribution in [2.45, 2.75) is 33.0 Å². The average molecular weight is 500 g/mol. The van der Waals surface area contributed by atoms with Crippen LogP contribution < -0.4 is 9.47 Å². The van der Waals surface area contributed by atoms with Crippen LogP contribution in [0.15, 0.2) is 54.0 Å². The van der Waals surface area contributed by atoms with E-state index in [0.717, 1.165) is 27.8 Å². The van der Waals surface area contributed by atoms with Gasteiger partial charge >= 0.3 is 5.97 Å². The van der Waals surface area contributed by atoms with Crippen LogP contribution in [0.1, 0.15) is 30.5 Å². The first-order valence-electron chi connectivity index (χ1n) is 10.9. The van der Waals surface area contributed by atoms with Crippen molar-refractivity contribution in [3.8, 4) is 11.5 Å². The van der Waals surface area contributed by atoms with E-state index in [9.17, 15) is 18.8 Å². The van der Waals surface area contributed by atoms with Gasteiger partial charge in [-0.05, 0) is 73.5 Å². The predicted octanol–water partition coefficient (Wildman–Crippen LogP) is 5.13. The molecule has 0 spiro atoms. The minimum atomic E-state index is -0.652. The number of carbonyl (C=O) groups excluding carboxylic acids is 3. The highest BCUT2D eigenvalue weighted by molar-refractivity contribution is 8.18. The van der Waals surface area contributed by atoms with Gasteiger partial charge < -0.3 is 14.2 Å². The lowest BCUT2D eigenvalue weighted by Crippen LogP contribution is -2.35. The molecule has 1 aliphatic heterocycles. The molecular formula is C26H26FNO6S. The number of rotatable bonds is 10. The molecule has 0 aromatic heterocycles. The first-order chi connectivity index (χ1) is 16.7.